The number of nitrogens with zero attached hydrogens (tertiary/aromatic N) is 1. The number of benzene rings is 1. The summed E-state index contributed by atoms with van der Waals surface area (Å²) in [5, 5.41) is 5.86. The number of rotatable bonds is 10. The van der Waals surface area contributed by atoms with E-state index in [1.54, 1.807) is 13.2 Å². The summed E-state index contributed by atoms with van der Waals surface area (Å²) in [6.45, 7) is 11.4. The van der Waals surface area contributed by atoms with Crippen molar-refractivity contribution in [2.24, 2.45) is 11.8 Å². The fourth-order valence-corrected chi connectivity index (χ4v) is 4.81. The van der Waals surface area contributed by atoms with Crippen LogP contribution in [0.15, 0.2) is 23.9 Å². The van der Waals surface area contributed by atoms with Crippen molar-refractivity contribution in [1.82, 2.24) is 10.6 Å². The number of allylic oxidation sites excluding steroid dienone is 2. The molecule has 8 heteroatoms. The van der Waals surface area contributed by atoms with Gasteiger partial charge in [-0.2, -0.15) is 0 Å². The molecule has 1 aromatic carbocycles. The van der Waals surface area contributed by atoms with Crippen molar-refractivity contribution < 1.29 is 23.8 Å². The first kappa shape index (κ1) is 26.0. The Morgan fingerprint density at radius 2 is 1.97 bits per heavy atom. The minimum absolute atomic E-state index is 0.0542. The average molecular weight is 474 g/mol. The van der Waals surface area contributed by atoms with E-state index < -0.39 is 0 Å². The van der Waals surface area contributed by atoms with Crippen LogP contribution >= 0.6 is 0 Å². The van der Waals surface area contributed by atoms with Crippen molar-refractivity contribution in [2.75, 3.05) is 51.5 Å². The quantitative estimate of drug-likeness (QED) is 0.508. The lowest BCUT2D eigenvalue weighted by atomic mass is 9.89. The maximum absolute atomic E-state index is 13.3. The molecule has 2 atom stereocenters. The Bertz CT molecular complexity index is 895. The Kier molecular flexibility index (Phi) is 9.36. The molecule has 0 radical (unpaired) electrons. The van der Waals surface area contributed by atoms with Crippen LogP contribution < -0.4 is 20.3 Å². The van der Waals surface area contributed by atoms with Gasteiger partial charge in [-0.05, 0) is 51.2 Å². The number of carbonyl (C=O) groups excluding carboxylic acids is 2. The van der Waals surface area contributed by atoms with Gasteiger partial charge in [-0.25, -0.2) is 0 Å². The zero-order chi connectivity index (χ0) is 24.7. The van der Waals surface area contributed by atoms with Crippen LogP contribution in [0.4, 0.5) is 5.69 Å². The van der Waals surface area contributed by atoms with E-state index in [0.29, 0.717) is 30.6 Å². The Labute approximate surface area is 203 Å². The van der Waals surface area contributed by atoms with E-state index in [2.05, 4.69) is 22.5 Å². The number of amides is 2. The molecule has 0 bridgehead atoms. The summed E-state index contributed by atoms with van der Waals surface area (Å²) in [6.07, 6.45) is 3.93. The van der Waals surface area contributed by atoms with Gasteiger partial charge in [0.2, 0.25) is 5.91 Å². The van der Waals surface area contributed by atoms with Crippen molar-refractivity contribution in [3.8, 4) is 5.75 Å². The van der Waals surface area contributed by atoms with Crippen LogP contribution in [0, 0.1) is 18.8 Å². The normalized spacial score (nSPS) is 21.0. The zero-order valence-corrected chi connectivity index (χ0v) is 21.1. The molecule has 0 aromatic heterocycles. The number of ether oxygens (including phenoxy) is 3. The molecule has 188 valence electrons. The van der Waals surface area contributed by atoms with Gasteiger partial charge in [0.05, 0.1) is 12.5 Å². The van der Waals surface area contributed by atoms with Crippen molar-refractivity contribution >= 4 is 17.5 Å². The summed E-state index contributed by atoms with van der Waals surface area (Å²) in [5.41, 5.74) is 3.32. The second kappa shape index (κ2) is 12.2. The second-order valence-corrected chi connectivity index (χ2v) is 9.10. The predicted molar refractivity (Wildman–Crippen MR) is 132 cm³/mol. The fraction of sp³-hybridized carbons (Fsp3) is 0.615. The molecule has 2 amide bonds. The second-order valence-electron chi connectivity index (χ2n) is 9.10. The van der Waals surface area contributed by atoms with Gasteiger partial charge in [-0.1, -0.05) is 13.0 Å². The third kappa shape index (κ3) is 6.30. The Hall–Kier alpha value is -2.58. The van der Waals surface area contributed by atoms with Crippen LogP contribution in [0.1, 0.15) is 49.5 Å². The van der Waals surface area contributed by atoms with Gasteiger partial charge in [0.1, 0.15) is 12.4 Å². The number of carbonyl (C=O) groups is 2. The molecule has 1 saturated heterocycles. The van der Waals surface area contributed by atoms with Crippen molar-refractivity contribution in [3.63, 3.8) is 0 Å². The summed E-state index contributed by atoms with van der Waals surface area (Å²) in [4.78, 5) is 28.1. The molecule has 1 aromatic rings. The highest BCUT2D eigenvalue weighted by Gasteiger charge is 2.29. The molecule has 2 aliphatic heterocycles. The maximum Gasteiger partial charge on any atom is 0.251 e. The third-order valence-electron chi connectivity index (χ3n) is 6.72. The number of anilines is 1. The van der Waals surface area contributed by atoms with Crippen LogP contribution in [-0.4, -0.2) is 64.5 Å². The van der Waals surface area contributed by atoms with Gasteiger partial charge in [0.15, 0.2) is 0 Å². The van der Waals surface area contributed by atoms with Gasteiger partial charge >= 0.3 is 0 Å². The van der Waals surface area contributed by atoms with Crippen molar-refractivity contribution in [3.05, 3.63) is 35.0 Å². The monoisotopic (exact) mass is 473 g/mol. The molecular formula is C26H39N3O5. The fourth-order valence-electron chi connectivity index (χ4n) is 4.81. The summed E-state index contributed by atoms with van der Waals surface area (Å²) in [6, 6.07) is 4.16. The van der Waals surface area contributed by atoms with Crippen LogP contribution in [-0.2, 0) is 14.3 Å². The summed E-state index contributed by atoms with van der Waals surface area (Å²) < 4.78 is 16.6. The molecular weight excluding hydrogens is 434 g/mol. The van der Waals surface area contributed by atoms with Crippen LogP contribution in [0.25, 0.3) is 0 Å². The van der Waals surface area contributed by atoms with E-state index in [1.165, 1.54) is 0 Å². The molecule has 1 fully saturated rings. The maximum atomic E-state index is 13.3. The molecule has 0 aliphatic carbocycles. The van der Waals surface area contributed by atoms with Gasteiger partial charge < -0.3 is 29.7 Å². The highest BCUT2D eigenvalue weighted by atomic mass is 16.5. The number of methoxy groups -OCH3 is 1. The van der Waals surface area contributed by atoms with E-state index in [0.717, 1.165) is 49.5 Å². The van der Waals surface area contributed by atoms with Gasteiger partial charge in [-0.3, -0.25) is 9.59 Å². The minimum atomic E-state index is -0.303. The average Bonchev–Trinajstić information content (AvgIpc) is 2.81. The van der Waals surface area contributed by atoms with E-state index in [9.17, 15) is 9.59 Å². The number of nitrogens with one attached hydrogen (secondary N) is 2. The Morgan fingerprint density at radius 3 is 2.62 bits per heavy atom. The van der Waals surface area contributed by atoms with Crippen LogP contribution in [0.5, 0.6) is 5.75 Å². The SMILES string of the molecule is CCN(c1cc(OCCOC)cc(C(=O)NCC2C(=O)NC(C)=CC2C)c1C)C1CCOCC1. The lowest BCUT2D eigenvalue weighted by Gasteiger charge is -2.36. The molecule has 2 aliphatic rings. The van der Waals surface area contributed by atoms with E-state index in [4.69, 9.17) is 14.2 Å². The summed E-state index contributed by atoms with van der Waals surface area (Å²) >= 11 is 0. The molecule has 2 unspecified atom stereocenters. The largest absolute Gasteiger partial charge is 0.491 e. The Morgan fingerprint density at radius 1 is 1.24 bits per heavy atom. The molecule has 3 rings (SSSR count). The van der Waals surface area contributed by atoms with Crippen molar-refractivity contribution in [1.29, 1.82) is 0 Å². The minimum Gasteiger partial charge on any atom is -0.491 e. The highest BCUT2D eigenvalue weighted by molar-refractivity contribution is 5.98. The van der Waals surface area contributed by atoms with E-state index in [-0.39, 0.29) is 30.2 Å². The molecule has 0 spiro atoms. The molecule has 0 saturated carbocycles. The molecule has 2 N–H and O–H groups in total. The molecule has 34 heavy (non-hydrogen) atoms. The summed E-state index contributed by atoms with van der Waals surface area (Å²) in [7, 11) is 1.63. The smallest absolute Gasteiger partial charge is 0.251 e. The van der Waals surface area contributed by atoms with Crippen molar-refractivity contribution in [2.45, 2.75) is 46.6 Å². The van der Waals surface area contributed by atoms with Crippen LogP contribution in [0.3, 0.4) is 0 Å². The molecule has 2 heterocycles. The predicted octanol–water partition coefficient (Wildman–Crippen LogP) is 3.04. The molecule has 8 nitrogen and oxygen atoms in total. The standard InChI is InChI=1S/C26H39N3O5/c1-6-29(20-7-9-33-10-8-20)24-15-21(34-12-11-32-5)14-22(19(24)4)25(30)27-16-23-17(2)13-18(3)28-26(23)31/h13-15,17,20,23H,6-12,16H2,1-5H3,(H,27,30)(H,28,31). The Balaban J connectivity index is 1.85. The lowest BCUT2D eigenvalue weighted by Crippen LogP contribution is -2.44. The lowest BCUT2D eigenvalue weighted by molar-refractivity contribution is -0.125. The van der Waals surface area contributed by atoms with Crippen LogP contribution in [0.2, 0.25) is 0 Å². The summed E-state index contributed by atoms with van der Waals surface area (Å²) in [5.74, 6) is 0.126. The number of hydrogen-bond acceptors (Lipinski definition) is 6. The van der Waals surface area contributed by atoms with Gasteiger partial charge in [0, 0.05) is 62.5 Å². The first-order chi connectivity index (χ1) is 16.3. The van der Waals surface area contributed by atoms with Gasteiger partial charge in [-0.15, -0.1) is 0 Å². The van der Waals surface area contributed by atoms with E-state index in [1.807, 2.05) is 32.9 Å². The zero-order valence-electron chi connectivity index (χ0n) is 21.1. The number of hydrogen-bond donors (Lipinski definition) is 2. The highest BCUT2D eigenvalue weighted by Crippen LogP contribution is 2.33. The first-order valence-electron chi connectivity index (χ1n) is 12.2. The topological polar surface area (TPSA) is 89.1 Å². The van der Waals surface area contributed by atoms with Gasteiger partial charge in [0.25, 0.3) is 5.91 Å². The van der Waals surface area contributed by atoms with E-state index >= 15 is 0 Å². The third-order valence-corrected chi connectivity index (χ3v) is 6.72. The first-order valence-corrected chi connectivity index (χ1v) is 12.2.